The van der Waals surface area contributed by atoms with Gasteiger partial charge in [0.05, 0.1) is 0 Å². The van der Waals surface area contributed by atoms with E-state index >= 15 is 0 Å². The normalized spacial score (nSPS) is 12.6. The van der Waals surface area contributed by atoms with Gasteiger partial charge in [-0.25, -0.2) is 0 Å². The van der Waals surface area contributed by atoms with E-state index in [0.717, 1.165) is 17.7 Å². The van der Waals surface area contributed by atoms with E-state index in [1.54, 1.807) is 0 Å². The maximum Gasteiger partial charge on any atom is 0.120 e. The summed E-state index contributed by atoms with van der Waals surface area (Å²) in [6, 6.07) is 6.08. The van der Waals surface area contributed by atoms with E-state index in [0.29, 0.717) is 5.75 Å². The van der Waals surface area contributed by atoms with E-state index in [1.165, 1.54) is 18.6 Å². The molecule has 0 saturated carbocycles. The van der Waals surface area contributed by atoms with Crippen LogP contribution in [0.1, 0.15) is 36.9 Å². The summed E-state index contributed by atoms with van der Waals surface area (Å²) < 4.78 is 0. The van der Waals surface area contributed by atoms with E-state index in [1.807, 2.05) is 36.9 Å². The fourth-order valence-corrected chi connectivity index (χ4v) is 2.31. The van der Waals surface area contributed by atoms with E-state index in [9.17, 15) is 5.11 Å². The number of thioether (sulfide) groups is 1. The van der Waals surface area contributed by atoms with Crippen molar-refractivity contribution in [3.63, 3.8) is 0 Å². The molecule has 0 aromatic heterocycles. The van der Waals surface area contributed by atoms with Gasteiger partial charge in [-0.3, -0.25) is 0 Å². The molecule has 0 aliphatic heterocycles. The topological polar surface area (TPSA) is 32.3 Å². The lowest BCUT2D eigenvalue weighted by molar-refractivity contribution is 0.451. The first kappa shape index (κ1) is 14.4. The van der Waals surface area contributed by atoms with E-state index in [2.05, 4.69) is 18.5 Å². The van der Waals surface area contributed by atoms with Gasteiger partial charge in [0.15, 0.2) is 0 Å². The molecule has 0 bridgehead atoms. The molecule has 1 rings (SSSR count). The SMILES string of the molecule is CSCCCCNC(C)c1ccc(C)cc1O. The van der Waals surface area contributed by atoms with Gasteiger partial charge >= 0.3 is 0 Å². The number of rotatable bonds is 7. The predicted octanol–water partition coefficient (Wildman–Crippen LogP) is 3.49. The molecule has 1 aromatic carbocycles. The molecule has 2 N–H and O–H groups in total. The summed E-state index contributed by atoms with van der Waals surface area (Å²) in [5, 5.41) is 13.3. The molecule has 2 nitrogen and oxygen atoms in total. The van der Waals surface area contributed by atoms with Crippen molar-refractivity contribution in [2.45, 2.75) is 32.7 Å². The summed E-state index contributed by atoms with van der Waals surface area (Å²) in [6.07, 6.45) is 4.58. The quantitative estimate of drug-likeness (QED) is 0.730. The Kier molecular flexibility index (Phi) is 6.45. The highest BCUT2D eigenvalue weighted by Crippen LogP contribution is 2.24. The van der Waals surface area contributed by atoms with Crippen molar-refractivity contribution in [3.05, 3.63) is 29.3 Å². The zero-order valence-electron chi connectivity index (χ0n) is 11.0. The lowest BCUT2D eigenvalue weighted by atomic mass is 10.0. The van der Waals surface area contributed by atoms with Crippen LogP contribution in [0, 0.1) is 6.92 Å². The maximum absolute atomic E-state index is 9.86. The first-order valence-electron chi connectivity index (χ1n) is 6.17. The van der Waals surface area contributed by atoms with Crippen LogP contribution in [-0.4, -0.2) is 23.7 Å². The average Bonchev–Trinajstić information content (AvgIpc) is 2.28. The van der Waals surface area contributed by atoms with Gasteiger partial charge < -0.3 is 10.4 Å². The highest BCUT2D eigenvalue weighted by molar-refractivity contribution is 7.98. The molecule has 0 fully saturated rings. The predicted molar refractivity (Wildman–Crippen MR) is 76.9 cm³/mol. The van der Waals surface area contributed by atoms with Gasteiger partial charge in [-0.1, -0.05) is 12.1 Å². The Morgan fingerprint density at radius 1 is 1.35 bits per heavy atom. The second-order valence-corrected chi connectivity index (χ2v) is 5.42. The van der Waals surface area contributed by atoms with Gasteiger partial charge in [0.25, 0.3) is 0 Å². The Hall–Kier alpha value is -0.670. The third-order valence-electron chi connectivity index (χ3n) is 2.88. The van der Waals surface area contributed by atoms with Gasteiger partial charge in [-0.05, 0) is 56.9 Å². The van der Waals surface area contributed by atoms with Crippen LogP contribution >= 0.6 is 11.8 Å². The minimum absolute atomic E-state index is 0.213. The van der Waals surface area contributed by atoms with Crippen LogP contribution in [0.5, 0.6) is 5.75 Å². The lowest BCUT2D eigenvalue weighted by Crippen LogP contribution is -2.20. The largest absolute Gasteiger partial charge is 0.508 e. The van der Waals surface area contributed by atoms with Crippen LogP contribution in [0.25, 0.3) is 0 Å². The molecule has 1 unspecified atom stereocenters. The number of nitrogens with one attached hydrogen (secondary N) is 1. The molecule has 0 radical (unpaired) electrons. The average molecular weight is 253 g/mol. The molecule has 17 heavy (non-hydrogen) atoms. The van der Waals surface area contributed by atoms with Gasteiger partial charge in [-0.2, -0.15) is 11.8 Å². The monoisotopic (exact) mass is 253 g/mol. The molecule has 1 aromatic rings. The number of aromatic hydroxyl groups is 1. The molecule has 96 valence electrons. The second kappa shape index (κ2) is 7.62. The number of phenolic OH excluding ortho intramolecular Hbond substituents is 1. The molecule has 1 atom stereocenters. The van der Waals surface area contributed by atoms with Crippen molar-refractivity contribution < 1.29 is 5.11 Å². The summed E-state index contributed by atoms with van der Waals surface area (Å²) >= 11 is 1.89. The summed E-state index contributed by atoms with van der Waals surface area (Å²) in [5.74, 6) is 1.63. The Balaban J connectivity index is 2.38. The summed E-state index contributed by atoms with van der Waals surface area (Å²) in [4.78, 5) is 0. The first-order valence-corrected chi connectivity index (χ1v) is 7.56. The van der Waals surface area contributed by atoms with Crippen LogP contribution in [0.4, 0.5) is 0 Å². The van der Waals surface area contributed by atoms with Crippen molar-refractivity contribution in [3.8, 4) is 5.75 Å². The van der Waals surface area contributed by atoms with Crippen molar-refractivity contribution in [2.75, 3.05) is 18.6 Å². The van der Waals surface area contributed by atoms with Crippen molar-refractivity contribution in [1.82, 2.24) is 5.32 Å². The number of hydrogen-bond acceptors (Lipinski definition) is 3. The van der Waals surface area contributed by atoms with Crippen LogP contribution in [0.3, 0.4) is 0 Å². The Bertz CT molecular complexity index is 341. The van der Waals surface area contributed by atoms with Crippen LogP contribution < -0.4 is 5.32 Å². The molecule has 0 aliphatic carbocycles. The molecular weight excluding hydrogens is 230 g/mol. The molecule has 0 saturated heterocycles. The number of phenols is 1. The molecule has 0 amide bonds. The highest BCUT2D eigenvalue weighted by atomic mass is 32.2. The van der Waals surface area contributed by atoms with Gasteiger partial charge in [0.2, 0.25) is 0 Å². The first-order chi connectivity index (χ1) is 8.15. The molecule has 3 heteroatoms. The van der Waals surface area contributed by atoms with Crippen molar-refractivity contribution in [2.24, 2.45) is 0 Å². The van der Waals surface area contributed by atoms with E-state index in [-0.39, 0.29) is 6.04 Å². The summed E-state index contributed by atoms with van der Waals surface area (Å²) in [5.41, 5.74) is 2.08. The third-order valence-corrected chi connectivity index (χ3v) is 3.58. The highest BCUT2D eigenvalue weighted by Gasteiger charge is 2.09. The van der Waals surface area contributed by atoms with Crippen LogP contribution in [0.2, 0.25) is 0 Å². The number of hydrogen-bond donors (Lipinski definition) is 2. The Morgan fingerprint density at radius 2 is 2.12 bits per heavy atom. The lowest BCUT2D eigenvalue weighted by Gasteiger charge is -2.15. The standard InChI is InChI=1S/C14H23NOS/c1-11-6-7-13(14(16)10-11)12(2)15-8-4-5-9-17-3/h6-7,10,12,15-16H,4-5,8-9H2,1-3H3. The Labute approximate surface area is 109 Å². The van der Waals surface area contributed by atoms with E-state index in [4.69, 9.17) is 0 Å². The summed E-state index contributed by atoms with van der Waals surface area (Å²) in [7, 11) is 0. The minimum Gasteiger partial charge on any atom is -0.508 e. The minimum atomic E-state index is 0.213. The third kappa shape index (κ3) is 5.00. The van der Waals surface area contributed by atoms with Gasteiger partial charge in [0, 0.05) is 11.6 Å². The number of unbranched alkanes of at least 4 members (excludes halogenated alkanes) is 1. The van der Waals surface area contributed by atoms with Crippen molar-refractivity contribution in [1.29, 1.82) is 0 Å². The maximum atomic E-state index is 9.86. The van der Waals surface area contributed by atoms with Gasteiger partial charge in [-0.15, -0.1) is 0 Å². The smallest absolute Gasteiger partial charge is 0.120 e. The molecular formula is C14H23NOS. The van der Waals surface area contributed by atoms with Crippen LogP contribution in [0.15, 0.2) is 18.2 Å². The number of benzene rings is 1. The number of aryl methyl sites for hydroxylation is 1. The second-order valence-electron chi connectivity index (χ2n) is 4.44. The molecule has 0 aliphatic rings. The summed E-state index contributed by atoms with van der Waals surface area (Å²) in [6.45, 7) is 5.10. The van der Waals surface area contributed by atoms with Gasteiger partial charge in [0.1, 0.15) is 5.75 Å². The Morgan fingerprint density at radius 3 is 2.76 bits per heavy atom. The zero-order chi connectivity index (χ0) is 12.7. The fourth-order valence-electron chi connectivity index (χ4n) is 1.82. The zero-order valence-corrected chi connectivity index (χ0v) is 11.8. The van der Waals surface area contributed by atoms with E-state index < -0.39 is 0 Å². The van der Waals surface area contributed by atoms with Crippen LogP contribution in [-0.2, 0) is 0 Å². The molecule has 0 heterocycles. The molecule has 0 spiro atoms. The fraction of sp³-hybridized carbons (Fsp3) is 0.571. The van der Waals surface area contributed by atoms with Crippen molar-refractivity contribution >= 4 is 11.8 Å².